The summed E-state index contributed by atoms with van der Waals surface area (Å²) in [6.45, 7) is 2.79. The quantitative estimate of drug-likeness (QED) is 0.921. The van der Waals surface area contributed by atoms with Gasteiger partial charge in [0.05, 0.1) is 6.10 Å². The molecule has 120 valence electrons. The summed E-state index contributed by atoms with van der Waals surface area (Å²) in [7, 11) is 0. The first-order chi connectivity index (χ1) is 10.7. The van der Waals surface area contributed by atoms with Crippen LogP contribution in [0.25, 0.3) is 0 Å². The van der Waals surface area contributed by atoms with Gasteiger partial charge in [-0.15, -0.1) is 0 Å². The zero-order valence-electron chi connectivity index (χ0n) is 12.9. The van der Waals surface area contributed by atoms with Crippen LogP contribution in [0.4, 0.5) is 0 Å². The Bertz CT molecular complexity index is 514. The van der Waals surface area contributed by atoms with Gasteiger partial charge in [-0.2, -0.15) is 0 Å². The van der Waals surface area contributed by atoms with Gasteiger partial charge >= 0.3 is 0 Å². The Hall–Kier alpha value is -1.59. The van der Waals surface area contributed by atoms with E-state index in [2.05, 4.69) is 0 Å². The molecule has 2 saturated heterocycles. The molecule has 5 nitrogen and oxygen atoms in total. The van der Waals surface area contributed by atoms with Crippen molar-refractivity contribution < 1.29 is 14.3 Å². The monoisotopic (exact) mass is 304 g/mol. The van der Waals surface area contributed by atoms with E-state index in [1.54, 1.807) is 0 Å². The van der Waals surface area contributed by atoms with Crippen LogP contribution in [0.1, 0.15) is 36.0 Å². The number of likely N-dealkylation sites (tertiary alicyclic amines) is 1. The van der Waals surface area contributed by atoms with Gasteiger partial charge in [0, 0.05) is 31.3 Å². The van der Waals surface area contributed by atoms with Crippen LogP contribution in [0, 0.1) is 0 Å². The molecule has 2 aliphatic rings. The summed E-state index contributed by atoms with van der Waals surface area (Å²) in [5.41, 5.74) is 6.62. The van der Waals surface area contributed by atoms with Crippen LogP contribution < -0.4 is 10.5 Å². The lowest BCUT2D eigenvalue weighted by atomic mass is 10.1. The smallest absolute Gasteiger partial charge is 0.254 e. The number of ether oxygens (including phenoxy) is 2. The number of nitrogens with zero attached hydrogens (tertiary/aromatic N) is 1. The summed E-state index contributed by atoms with van der Waals surface area (Å²) < 4.78 is 11.3. The number of hydrogen-bond donors (Lipinski definition) is 1. The normalized spacial score (nSPS) is 25.2. The molecule has 0 spiro atoms. The highest BCUT2D eigenvalue weighted by Gasteiger charge is 2.22. The Morgan fingerprint density at radius 3 is 3.05 bits per heavy atom. The molecule has 1 aromatic carbocycles. The van der Waals surface area contributed by atoms with Gasteiger partial charge < -0.3 is 20.1 Å². The first kappa shape index (κ1) is 15.3. The van der Waals surface area contributed by atoms with E-state index in [4.69, 9.17) is 15.2 Å². The third kappa shape index (κ3) is 3.78. The molecule has 2 aliphatic heterocycles. The van der Waals surface area contributed by atoms with Crippen LogP contribution in [0.5, 0.6) is 5.75 Å². The molecule has 0 bridgehead atoms. The Morgan fingerprint density at radius 2 is 2.27 bits per heavy atom. The van der Waals surface area contributed by atoms with Crippen molar-refractivity contribution in [3.63, 3.8) is 0 Å². The van der Waals surface area contributed by atoms with Gasteiger partial charge in [0.25, 0.3) is 5.91 Å². The van der Waals surface area contributed by atoms with Crippen molar-refractivity contribution in [2.75, 3.05) is 26.3 Å². The second-order valence-corrected chi connectivity index (χ2v) is 6.13. The molecule has 0 radical (unpaired) electrons. The van der Waals surface area contributed by atoms with Gasteiger partial charge in [-0.1, -0.05) is 6.07 Å². The van der Waals surface area contributed by atoms with Crippen molar-refractivity contribution in [1.82, 2.24) is 4.90 Å². The van der Waals surface area contributed by atoms with Crippen molar-refractivity contribution in [1.29, 1.82) is 0 Å². The molecule has 2 fully saturated rings. The van der Waals surface area contributed by atoms with E-state index in [9.17, 15) is 4.79 Å². The van der Waals surface area contributed by atoms with E-state index in [1.165, 1.54) is 0 Å². The van der Waals surface area contributed by atoms with Crippen molar-refractivity contribution in [3.05, 3.63) is 29.8 Å². The van der Waals surface area contributed by atoms with Crippen LogP contribution in [-0.4, -0.2) is 49.3 Å². The van der Waals surface area contributed by atoms with Crippen LogP contribution in [0.15, 0.2) is 24.3 Å². The lowest BCUT2D eigenvalue weighted by Crippen LogP contribution is -2.45. The van der Waals surface area contributed by atoms with Crippen molar-refractivity contribution >= 4 is 5.91 Å². The predicted molar refractivity (Wildman–Crippen MR) is 84.0 cm³/mol. The van der Waals surface area contributed by atoms with Crippen LogP contribution in [0.3, 0.4) is 0 Å². The minimum atomic E-state index is 0.0396. The average molecular weight is 304 g/mol. The van der Waals surface area contributed by atoms with Crippen LogP contribution in [-0.2, 0) is 4.74 Å². The molecule has 22 heavy (non-hydrogen) atoms. The Morgan fingerprint density at radius 1 is 1.36 bits per heavy atom. The molecule has 2 atom stereocenters. The third-order valence-electron chi connectivity index (χ3n) is 4.29. The van der Waals surface area contributed by atoms with Crippen LogP contribution >= 0.6 is 0 Å². The molecule has 2 heterocycles. The number of carbonyl (C=O) groups excluding carboxylic acids is 1. The van der Waals surface area contributed by atoms with Gasteiger partial charge in [-0.05, 0) is 43.9 Å². The third-order valence-corrected chi connectivity index (χ3v) is 4.29. The standard InChI is InChI=1S/C17H24N2O3/c18-14-5-2-8-19(11-14)17(20)13-4-1-6-15(10-13)22-12-16-7-3-9-21-16/h1,4,6,10,14,16H,2-3,5,7-9,11-12,18H2/t14-,16+/m1/s1. The van der Waals surface area contributed by atoms with Gasteiger partial charge in [0.2, 0.25) is 0 Å². The highest BCUT2D eigenvalue weighted by atomic mass is 16.5. The number of nitrogens with two attached hydrogens (primary N) is 1. The fourth-order valence-corrected chi connectivity index (χ4v) is 3.06. The summed E-state index contributed by atoms with van der Waals surface area (Å²) in [6, 6.07) is 7.49. The topological polar surface area (TPSA) is 64.8 Å². The maximum absolute atomic E-state index is 12.5. The lowest BCUT2D eigenvalue weighted by Gasteiger charge is -2.30. The van der Waals surface area contributed by atoms with Crippen molar-refractivity contribution in [2.45, 2.75) is 37.8 Å². The Labute approximate surface area is 131 Å². The van der Waals surface area contributed by atoms with E-state index in [0.717, 1.165) is 44.6 Å². The largest absolute Gasteiger partial charge is 0.491 e. The predicted octanol–water partition coefficient (Wildman–Crippen LogP) is 1.81. The SMILES string of the molecule is N[C@@H]1CCCN(C(=O)c2cccc(OC[C@@H]3CCCO3)c2)C1. The summed E-state index contributed by atoms with van der Waals surface area (Å²) in [4.78, 5) is 14.4. The first-order valence-corrected chi connectivity index (χ1v) is 8.12. The van der Waals surface area contributed by atoms with E-state index in [1.807, 2.05) is 29.2 Å². The van der Waals surface area contributed by atoms with E-state index in [-0.39, 0.29) is 18.1 Å². The maximum Gasteiger partial charge on any atom is 0.254 e. The summed E-state index contributed by atoms with van der Waals surface area (Å²) >= 11 is 0. The zero-order valence-corrected chi connectivity index (χ0v) is 12.9. The molecule has 3 rings (SSSR count). The number of carbonyl (C=O) groups is 1. The van der Waals surface area contributed by atoms with E-state index in [0.29, 0.717) is 18.7 Å². The van der Waals surface area contributed by atoms with E-state index >= 15 is 0 Å². The van der Waals surface area contributed by atoms with Gasteiger partial charge in [-0.3, -0.25) is 4.79 Å². The highest BCUT2D eigenvalue weighted by Crippen LogP contribution is 2.19. The summed E-state index contributed by atoms with van der Waals surface area (Å²) in [6.07, 6.45) is 4.29. The molecule has 0 saturated carbocycles. The van der Waals surface area contributed by atoms with Crippen molar-refractivity contribution in [2.24, 2.45) is 5.73 Å². The molecule has 2 N–H and O–H groups in total. The minimum Gasteiger partial charge on any atom is -0.491 e. The number of piperidine rings is 1. The number of hydrogen-bond acceptors (Lipinski definition) is 4. The number of benzene rings is 1. The number of rotatable bonds is 4. The Balaban J connectivity index is 1.61. The number of amides is 1. The van der Waals surface area contributed by atoms with Gasteiger partial charge in [0.1, 0.15) is 12.4 Å². The second kappa shape index (κ2) is 7.11. The summed E-state index contributed by atoms with van der Waals surface area (Å²) in [5.74, 6) is 0.764. The van der Waals surface area contributed by atoms with Gasteiger partial charge in [-0.25, -0.2) is 0 Å². The van der Waals surface area contributed by atoms with Crippen molar-refractivity contribution in [3.8, 4) is 5.75 Å². The fraction of sp³-hybridized carbons (Fsp3) is 0.588. The molecular formula is C17H24N2O3. The summed E-state index contributed by atoms with van der Waals surface area (Å²) in [5, 5.41) is 0. The van der Waals surface area contributed by atoms with Gasteiger partial charge in [0.15, 0.2) is 0 Å². The molecule has 0 aromatic heterocycles. The second-order valence-electron chi connectivity index (χ2n) is 6.13. The molecule has 0 unspecified atom stereocenters. The Kier molecular flexibility index (Phi) is 4.95. The fourth-order valence-electron chi connectivity index (χ4n) is 3.06. The minimum absolute atomic E-state index is 0.0396. The average Bonchev–Trinajstić information content (AvgIpc) is 3.06. The van der Waals surface area contributed by atoms with Crippen LogP contribution in [0.2, 0.25) is 0 Å². The molecular weight excluding hydrogens is 280 g/mol. The first-order valence-electron chi connectivity index (χ1n) is 8.12. The molecule has 0 aliphatic carbocycles. The lowest BCUT2D eigenvalue weighted by molar-refractivity contribution is 0.0674. The zero-order chi connectivity index (χ0) is 15.4. The molecule has 5 heteroatoms. The highest BCUT2D eigenvalue weighted by molar-refractivity contribution is 5.94. The maximum atomic E-state index is 12.5. The molecule has 1 amide bonds. The molecule has 1 aromatic rings. The van der Waals surface area contributed by atoms with E-state index < -0.39 is 0 Å².